The Morgan fingerprint density at radius 2 is 1.76 bits per heavy atom. The van der Waals surface area contributed by atoms with Gasteiger partial charge in [-0.3, -0.25) is 19.4 Å². The Balaban J connectivity index is 1.09. The molecule has 41 heavy (non-hydrogen) atoms. The summed E-state index contributed by atoms with van der Waals surface area (Å²) in [5.74, 6) is 0.181. The Morgan fingerprint density at radius 1 is 1.07 bits per heavy atom. The summed E-state index contributed by atoms with van der Waals surface area (Å²) in [4.78, 5) is 34.8. The Hall–Kier alpha value is -2.20. The van der Waals surface area contributed by atoms with Gasteiger partial charge >= 0.3 is 0 Å². The van der Waals surface area contributed by atoms with E-state index in [1.807, 2.05) is 33.1 Å². The average Bonchev–Trinajstić information content (AvgIpc) is 3.58. The van der Waals surface area contributed by atoms with Crippen LogP contribution in [0.2, 0.25) is 5.02 Å². The zero-order chi connectivity index (χ0) is 28.9. The van der Waals surface area contributed by atoms with Crippen LogP contribution in [0.25, 0.3) is 0 Å². The number of nitrogens with one attached hydrogen (secondary N) is 2. The van der Waals surface area contributed by atoms with Crippen LogP contribution in [0.5, 0.6) is 11.5 Å². The van der Waals surface area contributed by atoms with E-state index in [4.69, 9.17) is 21.1 Å². The Labute approximate surface area is 251 Å². The first-order valence-electron chi connectivity index (χ1n) is 14.9. The van der Waals surface area contributed by atoms with Gasteiger partial charge in [0, 0.05) is 71.8 Å². The first-order chi connectivity index (χ1) is 19.7. The molecule has 1 atom stereocenters. The van der Waals surface area contributed by atoms with Crippen LogP contribution in [0, 0.1) is 19.8 Å². The summed E-state index contributed by atoms with van der Waals surface area (Å²) >= 11 is 8.15. The number of pyridine rings is 1. The lowest BCUT2D eigenvalue weighted by molar-refractivity contribution is -0.127. The molecule has 2 aromatic rings. The largest absolute Gasteiger partial charge is 0.448 e. The molecular formula is C31H41ClN4O4S. The number of benzene rings is 1. The van der Waals surface area contributed by atoms with Gasteiger partial charge in [-0.25, -0.2) is 0 Å². The molecule has 2 saturated heterocycles. The van der Waals surface area contributed by atoms with Crippen molar-refractivity contribution in [2.24, 2.45) is 5.92 Å². The van der Waals surface area contributed by atoms with Crippen LogP contribution in [0.1, 0.15) is 72.6 Å². The predicted molar refractivity (Wildman–Crippen MR) is 163 cm³/mol. The number of hydrogen-bond donors (Lipinski definition) is 2. The maximum absolute atomic E-state index is 13.3. The summed E-state index contributed by atoms with van der Waals surface area (Å²) in [5.41, 5.74) is 2.24. The van der Waals surface area contributed by atoms with Crippen molar-refractivity contribution in [1.29, 1.82) is 0 Å². The molecule has 1 saturated carbocycles. The molecule has 222 valence electrons. The summed E-state index contributed by atoms with van der Waals surface area (Å²) in [5, 5.41) is 3.27. The number of fused-ring (bicyclic) bond motifs is 1. The molecule has 6 rings (SSSR count). The molecule has 4 aliphatic rings. The SMILES string of the molecule is CSc1cc(C)[nH]c(=O)c1CNC(=O)c1cc(Cl)c2c(c1C)O[C@@](C)([C@H]1CC[C@H](N3CC(N4CCCC4)C3)CC1)O2. The predicted octanol–water partition coefficient (Wildman–Crippen LogP) is 5.12. The molecule has 1 amide bonds. The van der Waals surface area contributed by atoms with Crippen LogP contribution < -0.4 is 20.3 Å². The van der Waals surface area contributed by atoms with Crippen molar-refractivity contribution >= 4 is 29.3 Å². The number of H-pyrrole nitrogens is 1. The fourth-order valence-electron chi connectivity index (χ4n) is 7.14. The molecule has 1 aromatic heterocycles. The highest BCUT2D eigenvalue weighted by Gasteiger charge is 2.48. The summed E-state index contributed by atoms with van der Waals surface area (Å²) in [6.07, 6.45) is 8.98. The molecule has 3 aliphatic heterocycles. The zero-order valence-corrected chi connectivity index (χ0v) is 26.1. The number of rotatable bonds is 7. The van der Waals surface area contributed by atoms with Gasteiger partial charge in [0.25, 0.3) is 17.3 Å². The smallest absolute Gasteiger partial charge is 0.254 e. The first kappa shape index (κ1) is 28.9. The molecule has 2 N–H and O–H groups in total. The molecule has 4 heterocycles. The fraction of sp³-hybridized carbons (Fsp3) is 0.613. The van der Waals surface area contributed by atoms with Gasteiger partial charge in [-0.1, -0.05) is 11.6 Å². The van der Waals surface area contributed by atoms with E-state index in [0.29, 0.717) is 39.3 Å². The number of carbonyl (C=O) groups excluding carboxylic acids is 1. The molecular weight excluding hydrogens is 560 g/mol. The molecule has 0 radical (unpaired) electrons. The first-order valence-corrected chi connectivity index (χ1v) is 16.5. The molecule has 0 bridgehead atoms. The van der Waals surface area contributed by atoms with Crippen molar-refractivity contribution in [2.45, 2.75) is 88.6 Å². The quantitative estimate of drug-likeness (QED) is 0.427. The molecule has 10 heteroatoms. The number of carbonyl (C=O) groups is 1. The van der Waals surface area contributed by atoms with Gasteiger partial charge in [0.1, 0.15) is 0 Å². The fourth-order valence-corrected chi connectivity index (χ4v) is 8.08. The van der Waals surface area contributed by atoms with E-state index in [-0.39, 0.29) is 23.9 Å². The van der Waals surface area contributed by atoms with Crippen LogP contribution in [-0.2, 0) is 6.54 Å². The maximum Gasteiger partial charge on any atom is 0.254 e. The Bertz CT molecular complexity index is 1380. The number of halogens is 1. The standard InChI is InChI=1S/C31H41ClN4O4S/c1-18-13-26(41-4)24(30(38)34-18)15-33-29(37)23-14-25(32)28-27(19(23)2)39-31(3,40-28)20-7-9-21(10-8-20)36-16-22(17-36)35-11-5-6-12-35/h13-14,20-22H,5-12,15-17H2,1-4H3,(H,33,37)(H,34,38)/t20-,21-,31-/m1/s1. The van der Waals surface area contributed by atoms with Crippen molar-refractivity contribution < 1.29 is 14.3 Å². The van der Waals surface area contributed by atoms with Crippen LogP contribution >= 0.6 is 23.4 Å². The van der Waals surface area contributed by atoms with E-state index in [2.05, 4.69) is 20.1 Å². The molecule has 8 nitrogen and oxygen atoms in total. The third-order valence-corrected chi connectivity index (χ3v) is 10.8. The highest BCUT2D eigenvalue weighted by molar-refractivity contribution is 7.98. The molecule has 1 aromatic carbocycles. The molecule has 1 aliphatic carbocycles. The second-order valence-electron chi connectivity index (χ2n) is 12.3. The number of aromatic amines is 1. The normalized spacial score (nSPS) is 26.8. The van der Waals surface area contributed by atoms with Crippen molar-refractivity contribution in [3.63, 3.8) is 0 Å². The minimum absolute atomic E-state index is 0.118. The van der Waals surface area contributed by atoms with Crippen LogP contribution in [0.15, 0.2) is 21.8 Å². The van der Waals surface area contributed by atoms with Crippen LogP contribution in [0.4, 0.5) is 0 Å². The maximum atomic E-state index is 13.3. The number of ether oxygens (including phenoxy) is 2. The van der Waals surface area contributed by atoms with E-state index in [1.165, 1.54) is 50.8 Å². The van der Waals surface area contributed by atoms with E-state index >= 15 is 0 Å². The summed E-state index contributed by atoms with van der Waals surface area (Å²) in [6.45, 7) is 10.8. The van der Waals surface area contributed by atoms with Crippen molar-refractivity contribution in [3.8, 4) is 11.5 Å². The minimum atomic E-state index is -0.813. The number of amides is 1. The van der Waals surface area contributed by atoms with Gasteiger partial charge in [-0.2, -0.15) is 0 Å². The van der Waals surface area contributed by atoms with Gasteiger partial charge in [-0.15, -0.1) is 11.8 Å². The number of aryl methyl sites for hydroxylation is 1. The number of likely N-dealkylation sites (tertiary alicyclic amines) is 2. The van der Waals surface area contributed by atoms with Crippen molar-refractivity contribution in [3.05, 3.63) is 49.9 Å². The topological polar surface area (TPSA) is 86.9 Å². The second kappa shape index (κ2) is 11.5. The van der Waals surface area contributed by atoms with Crippen molar-refractivity contribution in [2.75, 3.05) is 32.4 Å². The zero-order valence-electron chi connectivity index (χ0n) is 24.5. The van der Waals surface area contributed by atoms with Crippen LogP contribution in [0.3, 0.4) is 0 Å². The van der Waals surface area contributed by atoms with Crippen molar-refractivity contribution in [1.82, 2.24) is 20.1 Å². The molecule has 3 fully saturated rings. The number of nitrogens with zero attached hydrogens (tertiary/aromatic N) is 2. The van der Waals surface area contributed by atoms with Gasteiger partial charge in [-0.05, 0) is 83.9 Å². The third-order valence-electron chi connectivity index (χ3n) is 9.67. The number of hydrogen-bond acceptors (Lipinski definition) is 7. The second-order valence-corrected chi connectivity index (χ2v) is 13.5. The summed E-state index contributed by atoms with van der Waals surface area (Å²) < 4.78 is 13.0. The highest BCUT2D eigenvalue weighted by atomic mass is 35.5. The van der Waals surface area contributed by atoms with Gasteiger partial charge in [0.2, 0.25) is 0 Å². The lowest BCUT2D eigenvalue weighted by Crippen LogP contribution is -2.62. The van der Waals surface area contributed by atoms with E-state index in [0.717, 1.165) is 42.3 Å². The van der Waals surface area contributed by atoms with Gasteiger partial charge in [0.15, 0.2) is 11.5 Å². The number of aromatic nitrogens is 1. The summed E-state index contributed by atoms with van der Waals surface area (Å²) in [7, 11) is 0. The van der Waals surface area contributed by atoms with Gasteiger partial charge < -0.3 is 19.8 Å². The van der Waals surface area contributed by atoms with E-state index in [1.54, 1.807) is 6.07 Å². The molecule has 0 unspecified atom stereocenters. The van der Waals surface area contributed by atoms with Crippen LogP contribution in [-0.4, -0.2) is 71.0 Å². The monoisotopic (exact) mass is 600 g/mol. The minimum Gasteiger partial charge on any atom is -0.448 e. The lowest BCUT2D eigenvalue weighted by atomic mass is 9.80. The highest BCUT2D eigenvalue weighted by Crippen LogP contribution is 2.52. The van der Waals surface area contributed by atoms with E-state index in [9.17, 15) is 9.59 Å². The summed E-state index contributed by atoms with van der Waals surface area (Å²) in [6, 6.07) is 4.96. The van der Waals surface area contributed by atoms with E-state index < -0.39 is 5.79 Å². The third kappa shape index (κ3) is 5.51. The lowest BCUT2D eigenvalue weighted by Gasteiger charge is -2.50. The average molecular weight is 601 g/mol. The number of thioether (sulfide) groups is 1. The Kier molecular flexibility index (Phi) is 8.09. The molecule has 0 spiro atoms. The van der Waals surface area contributed by atoms with Gasteiger partial charge in [0.05, 0.1) is 5.02 Å². The Morgan fingerprint density at radius 3 is 2.44 bits per heavy atom.